The zero-order valence-electron chi connectivity index (χ0n) is 7.24. The predicted molar refractivity (Wildman–Crippen MR) is 51.2 cm³/mol. The van der Waals surface area contributed by atoms with Gasteiger partial charge in [0.1, 0.15) is 0 Å². The van der Waals surface area contributed by atoms with Crippen LogP contribution in [0.3, 0.4) is 0 Å². The highest BCUT2D eigenvalue weighted by atomic mass is 79.9. The Kier molecular flexibility index (Phi) is 3.86. The molecule has 1 aliphatic rings. The molecule has 0 aromatic carbocycles. The SMILES string of the molecule is CCOCC1(CBr)CCCC1. The fraction of sp³-hybridized carbons (Fsp3) is 1.00. The van der Waals surface area contributed by atoms with Crippen molar-refractivity contribution in [2.75, 3.05) is 18.5 Å². The highest BCUT2D eigenvalue weighted by molar-refractivity contribution is 9.09. The smallest absolute Gasteiger partial charge is 0.0530 e. The summed E-state index contributed by atoms with van der Waals surface area (Å²) in [6.45, 7) is 3.88. The molecule has 0 saturated heterocycles. The van der Waals surface area contributed by atoms with Crippen LogP contribution in [-0.2, 0) is 4.74 Å². The number of alkyl halides is 1. The summed E-state index contributed by atoms with van der Waals surface area (Å²) in [5, 5.41) is 1.11. The fourth-order valence-electron chi connectivity index (χ4n) is 1.76. The molecule has 1 aliphatic carbocycles. The third-order valence-corrected chi connectivity index (χ3v) is 3.75. The molecule has 1 nitrogen and oxygen atoms in total. The van der Waals surface area contributed by atoms with Crippen LogP contribution in [0.15, 0.2) is 0 Å². The van der Waals surface area contributed by atoms with Crippen LogP contribution in [0.25, 0.3) is 0 Å². The van der Waals surface area contributed by atoms with Gasteiger partial charge in [-0.3, -0.25) is 0 Å². The lowest BCUT2D eigenvalue weighted by Crippen LogP contribution is -2.25. The predicted octanol–water partition coefficient (Wildman–Crippen LogP) is 2.98. The van der Waals surface area contributed by atoms with E-state index >= 15 is 0 Å². The van der Waals surface area contributed by atoms with Gasteiger partial charge in [0.2, 0.25) is 0 Å². The summed E-state index contributed by atoms with van der Waals surface area (Å²) in [5.41, 5.74) is 0.482. The van der Waals surface area contributed by atoms with Crippen molar-refractivity contribution in [3.05, 3.63) is 0 Å². The number of rotatable bonds is 4. The van der Waals surface area contributed by atoms with Gasteiger partial charge >= 0.3 is 0 Å². The van der Waals surface area contributed by atoms with Gasteiger partial charge < -0.3 is 4.74 Å². The molecule has 0 bridgehead atoms. The Labute approximate surface area is 77.6 Å². The van der Waals surface area contributed by atoms with Gasteiger partial charge in [-0.25, -0.2) is 0 Å². The Bertz CT molecular complexity index is 108. The van der Waals surface area contributed by atoms with E-state index in [4.69, 9.17) is 4.74 Å². The molecule has 1 fully saturated rings. The van der Waals surface area contributed by atoms with Gasteiger partial charge in [0.15, 0.2) is 0 Å². The maximum Gasteiger partial charge on any atom is 0.0530 e. The molecule has 0 radical (unpaired) electrons. The first kappa shape index (κ1) is 9.53. The van der Waals surface area contributed by atoms with Gasteiger partial charge in [-0.15, -0.1) is 0 Å². The normalized spacial score (nSPS) is 22.4. The van der Waals surface area contributed by atoms with Gasteiger partial charge in [0, 0.05) is 17.4 Å². The number of hydrogen-bond donors (Lipinski definition) is 0. The minimum Gasteiger partial charge on any atom is -0.381 e. The van der Waals surface area contributed by atoms with Crippen LogP contribution in [0.4, 0.5) is 0 Å². The van der Waals surface area contributed by atoms with E-state index in [2.05, 4.69) is 22.9 Å². The summed E-state index contributed by atoms with van der Waals surface area (Å²) in [4.78, 5) is 0. The van der Waals surface area contributed by atoms with Gasteiger partial charge in [0.05, 0.1) is 6.61 Å². The van der Waals surface area contributed by atoms with E-state index in [1.807, 2.05) is 0 Å². The molecule has 11 heavy (non-hydrogen) atoms. The average Bonchev–Trinajstić information content (AvgIpc) is 2.50. The first-order valence-corrected chi connectivity index (χ1v) is 5.59. The monoisotopic (exact) mass is 220 g/mol. The number of halogens is 1. The summed E-state index contributed by atoms with van der Waals surface area (Å²) in [6.07, 6.45) is 5.47. The Balaban J connectivity index is 2.33. The molecule has 0 unspecified atom stereocenters. The fourth-order valence-corrected chi connectivity index (χ4v) is 2.48. The van der Waals surface area contributed by atoms with Crippen molar-refractivity contribution in [3.8, 4) is 0 Å². The molecule has 0 aromatic heterocycles. The van der Waals surface area contributed by atoms with E-state index in [-0.39, 0.29) is 0 Å². The molecule has 0 spiro atoms. The number of ether oxygens (including phenoxy) is 1. The van der Waals surface area contributed by atoms with E-state index in [0.29, 0.717) is 5.41 Å². The van der Waals surface area contributed by atoms with Crippen LogP contribution in [-0.4, -0.2) is 18.5 Å². The lowest BCUT2D eigenvalue weighted by molar-refractivity contribution is 0.0679. The second-order valence-corrected chi connectivity index (χ2v) is 4.04. The third kappa shape index (κ3) is 2.45. The highest BCUT2D eigenvalue weighted by Crippen LogP contribution is 2.39. The zero-order chi connectivity index (χ0) is 8.16. The standard InChI is InChI=1S/C9H17BrO/c1-2-11-8-9(7-10)5-3-4-6-9/h2-8H2,1H3. The van der Waals surface area contributed by atoms with Gasteiger partial charge in [0.25, 0.3) is 0 Å². The van der Waals surface area contributed by atoms with Gasteiger partial charge in [-0.2, -0.15) is 0 Å². The van der Waals surface area contributed by atoms with Crippen molar-refractivity contribution in [2.24, 2.45) is 5.41 Å². The summed E-state index contributed by atoms with van der Waals surface area (Å²) in [7, 11) is 0. The molecule has 2 heteroatoms. The van der Waals surface area contributed by atoms with Crippen LogP contribution in [0, 0.1) is 5.41 Å². The molecule has 0 amide bonds. The topological polar surface area (TPSA) is 9.23 Å². The maximum atomic E-state index is 5.48. The van der Waals surface area contributed by atoms with E-state index in [1.165, 1.54) is 25.7 Å². The first-order valence-electron chi connectivity index (χ1n) is 4.47. The lowest BCUT2D eigenvalue weighted by atomic mass is 9.90. The molecular weight excluding hydrogens is 204 g/mol. The second kappa shape index (κ2) is 4.46. The zero-order valence-corrected chi connectivity index (χ0v) is 8.82. The summed E-state index contributed by atoms with van der Waals surface area (Å²) in [6, 6.07) is 0. The maximum absolute atomic E-state index is 5.48. The Morgan fingerprint density at radius 3 is 2.45 bits per heavy atom. The minimum atomic E-state index is 0.482. The van der Waals surface area contributed by atoms with Crippen molar-refractivity contribution in [2.45, 2.75) is 32.6 Å². The first-order chi connectivity index (χ1) is 5.33. The van der Waals surface area contributed by atoms with E-state index in [1.54, 1.807) is 0 Å². The third-order valence-electron chi connectivity index (χ3n) is 2.56. The van der Waals surface area contributed by atoms with E-state index in [0.717, 1.165) is 18.5 Å². The molecule has 0 atom stereocenters. The van der Waals surface area contributed by atoms with E-state index in [9.17, 15) is 0 Å². The van der Waals surface area contributed by atoms with Crippen LogP contribution in [0.2, 0.25) is 0 Å². The van der Waals surface area contributed by atoms with Crippen molar-refractivity contribution in [3.63, 3.8) is 0 Å². The molecule has 0 aliphatic heterocycles. The van der Waals surface area contributed by atoms with Crippen LogP contribution < -0.4 is 0 Å². The van der Waals surface area contributed by atoms with Gasteiger partial charge in [-0.1, -0.05) is 28.8 Å². The Morgan fingerprint density at radius 2 is 2.00 bits per heavy atom. The van der Waals surface area contributed by atoms with Crippen LogP contribution in [0.1, 0.15) is 32.6 Å². The minimum absolute atomic E-state index is 0.482. The second-order valence-electron chi connectivity index (χ2n) is 3.48. The Hall–Kier alpha value is 0.440. The molecule has 0 aromatic rings. The lowest BCUT2D eigenvalue weighted by Gasteiger charge is -2.25. The Morgan fingerprint density at radius 1 is 1.36 bits per heavy atom. The average molecular weight is 221 g/mol. The highest BCUT2D eigenvalue weighted by Gasteiger charge is 2.32. The molecule has 0 heterocycles. The quantitative estimate of drug-likeness (QED) is 0.663. The van der Waals surface area contributed by atoms with Crippen molar-refractivity contribution < 1.29 is 4.74 Å². The largest absolute Gasteiger partial charge is 0.381 e. The number of hydrogen-bond acceptors (Lipinski definition) is 1. The van der Waals surface area contributed by atoms with Crippen LogP contribution >= 0.6 is 15.9 Å². The van der Waals surface area contributed by atoms with Crippen molar-refractivity contribution in [1.29, 1.82) is 0 Å². The van der Waals surface area contributed by atoms with E-state index < -0.39 is 0 Å². The molecular formula is C9H17BrO. The summed E-state index contributed by atoms with van der Waals surface area (Å²) >= 11 is 3.58. The van der Waals surface area contributed by atoms with Crippen LogP contribution in [0.5, 0.6) is 0 Å². The molecule has 66 valence electrons. The van der Waals surface area contributed by atoms with Crippen molar-refractivity contribution >= 4 is 15.9 Å². The summed E-state index contributed by atoms with van der Waals surface area (Å²) < 4.78 is 5.48. The van der Waals surface area contributed by atoms with Gasteiger partial charge in [-0.05, 0) is 19.8 Å². The molecule has 1 rings (SSSR count). The molecule has 0 N–H and O–H groups in total. The summed E-state index contributed by atoms with van der Waals surface area (Å²) in [5.74, 6) is 0. The van der Waals surface area contributed by atoms with Crippen molar-refractivity contribution in [1.82, 2.24) is 0 Å². The molecule has 1 saturated carbocycles.